The van der Waals surface area contributed by atoms with E-state index in [-0.39, 0.29) is 39.9 Å². The molecule has 36 heavy (non-hydrogen) atoms. The normalized spacial score (nSPS) is 16.1. The molecule has 1 aromatic carbocycles. The molecule has 1 aromatic heterocycles. The van der Waals surface area contributed by atoms with Crippen LogP contribution in [-0.2, 0) is 25.6 Å². The van der Waals surface area contributed by atoms with E-state index in [1.165, 1.54) is 24.1 Å². The second-order valence-electron chi connectivity index (χ2n) is 9.00. The summed E-state index contributed by atoms with van der Waals surface area (Å²) in [6.07, 6.45) is 9.50. The van der Waals surface area contributed by atoms with E-state index in [9.17, 15) is 14.4 Å². The molecule has 9 heteroatoms. The largest absolute Gasteiger partial charge is 0.465 e. The van der Waals surface area contributed by atoms with Gasteiger partial charge in [0.1, 0.15) is 6.10 Å². The number of rotatable bonds is 7. The minimum atomic E-state index is -0.649. The maximum atomic E-state index is 14.1. The maximum absolute atomic E-state index is 14.1. The van der Waals surface area contributed by atoms with Crippen LogP contribution in [0.4, 0.5) is 5.69 Å². The quantitative estimate of drug-likeness (QED) is 0.404. The fraction of sp³-hybridized carbons (Fsp3) is 0.407. The van der Waals surface area contributed by atoms with Crippen LogP contribution in [-0.4, -0.2) is 36.0 Å². The number of pyridine rings is 1. The van der Waals surface area contributed by atoms with Crippen LogP contribution in [0.1, 0.15) is 67.3 Å². The molecule has 0 saturated heterocycles. The van der Waals surface area contributed by atoms with Crippen molar-refractivity contribution in [2.45, 2.75) is 64.0 Å². The van der Waals surface area contributed by atoms with Crippen LogP contribution in [0.15, 0.2) is 47.8 Å². The van der Waals surface area contributed by atoms with Crippen LogP contribution in [0.5, 0.6) is 0 Å². The van der Waals surface area contributed by atoms with E-state index < -0.39 is 11.9 Å². The Kier molecular flexibility index (Phi) is 8.64. The standard InChI is InChI=1S/C27H28Cl2N2O5/c1-35-26(33)21-13-24(23(29)14-22(21)28)31(16-17-7-6-12-30-15-17)25(32)19-10-4-5-11-20(19)27(34)36-18-8-2-3-9-18/h6-7,12-15,18H,2-5,8-11,16H2,1H3. The van der Waals surface area contributed by atoms with Gasteiger partial charge in [0.05, 0.1) is 35.0 Å². The number of halogens is 2. The number of carbonyl (C=O) groups excluding carboxylic acids is 3. The highest BCUT2D eigenvalue weighted by atomic mass is 35.5. The molecule has 1 fully saturated rings. The first-order chi connectivity index (χ1) is 17.4. The number of benzene rings is 1. The Labute approximate surface area is 220 Å². The molecular formula is C27H28Cl2N2O5. The first-order valence-electron chi connectivity index (χ1n) is 12.1. The van der Waals surface area contributed by atoms with Gasteiger partial charge < -0.3 is 14.4 Å². The van der Waals surface area contributed by atoms with Crippen molar-refractivity contribution in [2.24, 2.45) is 0 Å². The molecule has 0 unspecified atom stereocenters. The van der Waals surface area contributed by atoms with Crippen molar-refractivity contribution in [3.05, 3.63) is 69.0 Å². The summed E-state index contributed by atoms with van der Waals surface area (Å²) in [5.41, 5.74) is 1.97. The Bertz CT molecular complexity index is 1180. The van der Waals surface area contributed by atoms with Crippen molar-refractivity contribution >= 4 is 46.7 Å². The Morgan fingerprint density at radius 2 is 1.72 bits per heavy atom. The molecule has 4 rings (SSSR count). The number of anilines is 1. The molecule has 1 heterocycles. The highest BCUT2D eigenvalue weighted by Gasteiger charge is 2.32. The Hall–Kier alpha value is -2.90. The molecule has 0 radical (unpaired) electrons. The molecule has 2 aliphatic carbocycles. The minimum Gasteiger partial charge on any atom is -0.465 e. The number of aromatic nitrogens is 1. The summed E-state index contributed by atoms with van der Waals surface area (Å²) in [7, 11) is 1.25. The molecule has 0 bridgehead atoms. The smallest absolute Gasteiger partial charge is 0.339 e. The number of hydrogen-bond donors (Lipinski definition) is 0. The van der Waals surface area contributed by atoms with Gasteiger partial charge in [0.15, 0.2) is 0 Å². The highest BCUT2D eigenvalue weighted by Crippen LogP contribution is 2.36. The molecule has 7 nitrogen and oxygen atoms in total. The zero-order valence-corrected chi connectivity index (χ0v) is 21.6. The van der Waals surface area contributed by atoms with Crippen molar-refractivity contribution in [2.75, 3.05) is 12.0 Å². The average Bonchev–Trinajstić information content (AvgIpc) is 3.40. The summed E-state index contributed by atoms with van der Waals surface area (Å²) < 4.78 is 10.6. The number of nitrogens with zero attached hydrogens (tertiary/aromatic N) is 2. The molecule has 190 valence electrons. The van der Waals surface area contributed by atoms with Crippen molar-refractivity contribution < 1.29 is 23.9 Å². The SMILES string of the molecule is COC(=O)c1cc(N(Cc2cccnc2)C(=O)C2=C(C(=O)OC3CCCC3)CCCC2)c(Cl)cc1Cl. The van der Waals surface area contributed by atoms with E-state index >= 15 is 0 Å². The second-order valence-corrected chi connectivity index (χ2v) is 9.82. The molecule has 2 aliphatic rings. The summed E-state index contributed by atoms with van der Waals surface area (Å²) in [5.74, 6) is -1.43. The van der Waals surface area contributed by atoms with Crippen LogP contribution < -0.4 is 4.90 Å². The number of ether oxygens (including phenoxy) is 2. The van der Waals surface area contributed by atoms with Crippen LogP contribution in [0.2, 0.25) is 10.0 Å². The maximum Gasteiger partial charge on any atom is 0.339 e. The third-order valence-electron chi connectivity index (χ3n) is 6.59. The van der Waals surface area contributed by atoms with Gasteiger partial charge in [-0.2, -0.15) is 0 Å². The molecule has 0 aliphatic heterocycles. The van der Waals surface area contributed by atoms with Gasteiger partial charge in [0, 0.05) is 23.5 Å². The predicted molar refractivity (Wildman–Crippen MR) is 137 cm³/mol. The fourth-order valence-corrected chi connectivity index (χ4v) is 5.27. The van der Waals surface area contributed by atoms with Gasteiger partial charge in [-0.15, -0.1) is 0 Å². The number of methoxy groups -OCH3 is 1. The van der Waals surface area contributed by atoms with E-state index in [0.29, 0.717) is 24.0 Å². The Morgan fingerprint density at radius 1 is 1.00 bits per heavy atom. The van der Waals surface area contributed by atoms with Gasteiger partial charge >= 0.3 is 11.9 Å². The van der Waals surface area contributed by atoms with E-state index in [2.05, 4.69) is 4.98 Å². The van der Waals surface area contributed by atoms with Crippen LogP contribution >= 0.6 is 23.2 Å². The molecular weight excluding hydrogens is 503 g/mol. The third kappa shape index (κ3) is 5.90. The van der Waals surface area contributed by atoms with Crippen molar-refractivity contribution in [3.63, 3.8) is 0 Å². The topological polar surface area (TPSA) is 85.8 Å². The fourth-order valence-electron chi connectivity index (χ4n) is 4.71. The lowest BCUT2D eigenvalue weighted by Gasteiger charge is -2.28. The summed E-state index contributed by atoms with van der Waals surface area (Å²) in [4.78, 5) is 45.1. The molecule has 1 amide bonds. The summed E-state index contributed by atoms with van der Waals surface area (Å²) >= 11 is 12.8. The lowest BCUT2D eigenvalue weighted by Crippen LogP contribution is -2.34. The summed E-state index contributed by atoms with van der Waals surface area (Å²) in [6, 6.07) is 6.47. The van der Waals surface area contributed by atoms with E-state index in [1.807, 2.05) is 6.07 Å². The minimum absolute atomic E-state index is 0.0843. The summed E-state index contributed by atoms with van der Waals surface area (Å²) in [5, 5.41) is 0.304. The highest BCUT2D eigenvalue weighted by molar-refractivity contribution is 6.38. The van der Waals surface area contributed by atoms with Crippen LogP contribution in [0, 0.1) is 0 Å². The van der Waals surface area contributed by atoms with Crippen LogP contribution in [0.3, 0.4) is 0 Å². The number of carbonyl (C=O) groups is 3. The molecule has 0 N–H and O–H groups in total. The van der Waals surface area contributed by atoms with Gasteiger partial charge in [0.2, 0.25) is 0 Å². The molecule has 1 saturated carbocycles. The summed E-state index contributed by atoms with van der Waals surface area (Å²) in [6.45, 7) is 0.128. The monoisotopic (exact) mass is 530 g/mol. The van der Waals surface area contributed by atoms with Crippen molar-refractivity contribution in [3.8, 4) is 0 Å². The van der Waals surface area contributed by atoms with E-state index in [4.69, 9.17) is 32.7 Å². The second kappa shape index (κ2) is 11.9. The zero-order chi connectivity index (χ0) is 25.7. The molecule has 0 atom stereocenters. The Morgan fingerprint density at radius 3 is 2.39 bits per heavy atom. The number of amides is 1. The zero-order valence-electron chi connectivity index (χ0n) is 20.1. The average molecular weight is 531 g/mol. The van der Waals surface area contributed by atoms with Crippen LogP contribution in [0.25, 0.3) is 0 Å². The van der Waals surface area contributed by atoms with Gasteiger partial charge in [-0.3, -0.25) is 9.78 Å². The predicted octanol–water partition coefficient (Wildman–Crippen LogP) is 6.06. The van der Waals surface area contributed by atoms with Gasteiger partial charge in [-0.1, -0.05) is 29.3 Å². The van der Waals surface area contributed by atoms with Crippen molar-refractivity contribution in [1.82, 2.24) is 4.98 Å². The number of hydrogen-bond acceptors (Lipinski definition) is 6. The first-order valence-corrected chi connectivity index (χ1v) is 12.9. The molecule has 0 spiro atoms. The first kappa shape index (κ1) is 26.2. The van der Waals surface area contributed by atoms with Crippen molar-refractivity contribution in [1.29, 1.82) is 0 Å². The third-order valence-corrected chi connectivity index (χ3v) is 7.20. The van der Waals surface area contributed by atoms with E-state index in [0.717, 1.165) is 44.1 Å². The van der Waals surface area contributed by atoms with Gasteiger partial charge in [0.25, 0.3) is 5.91 Å². The van der Waals surface area contributed by atoms with Gasteiger partial charge in [-0.25, -0.2) is 9.59 Å². The lowest BCUT2D eigenvalue weighted by molar-refractivity contribution is -0.144. The van der Waals surface area contributed by atoms with E-state index in [1.54, 1.807) is 18.5 Å². The molecule has 2 aromatic rings. The van der Waals surface area contributed by atoms with Gasteiger partial charge in [-0.05, 0) is 75.1 Å². The Balaban J connectivity index is 1.76. The number of esters is 2. The lowest BCUT2D eigenvalue weighted by atomic mass is 9.90.